The first kappa shape index (κ1) is 12.3. The summed E-state index contributed by atoms with van der Waals surface area (Å²) in [6.45, 7) is 4.67. The van der Waals surface area contributed by atoms with Gasteiger partial charge in [-0.1, -0.05) is 22.4 Å². The molecule has 1 unspecified atom stereocenters. The molecule has 2 heterocycles. The van der Waals surface area contributed by atoms with Gasteiger partial charge in [-0.15, -0.1) is 0 Å². The predicted molar refractivity (Wildman–Crippen MR) is 68.1 cm³/mol. The van der Waals surface area contributed by atoms with Crippen LogP contribution in [0, 0.1) is 12.7 Å². The second-order valence-corrected chi connectivity index (χ2v) is 5.07. The number of likely N-dealkylation sites (tertiary alicyclic amines) is 1. The summed E-state index contributed by atoms with van der Waals surface area (Å²) in [6.07, 6.45) is 1.09. The van der Waals surface area contributed by atoms with Crippen molar-refractivity contribution in [1.29, 1.82) is 0 Å². The minimum absolute atomic E-state index is 0.178. The van der Waals surface area contributed by atoms with Gasteiger partial charge in [0.15, 0.2) is 0 Å². The molecule has 19 heavy (non-hydrogen) atoms. The molecule has 1 aliphatic rings. The van der Waals surface area contributed by atoms with E-state index < -0.39 is 0 Å². The lowest BCUT2D eigenvalue weighted by molar-refractivity contribution is 0.282. The number of aromatic nitrogens is 2. The van der Waals surface area contributed by atoms with Crippen LogP contribution in [-0.4, -0.2) is 28.3 Å². The Morgan fingerprint density at radius 1 is 1.32 bits per heavy atom. The molecular weight excluding hydrogens is 245 g/mol. The molecule has 1 aromatic carbocycles. The molecule has 1 aromatic heterocycles. The van der Waals surface area contributed by atoms with Crippen molar-refractivity contribution in [2.24, 2.45) is 0 Å². The van der Waals surface area contributed by atoms with Crippen molar-refractivity contribution in [3.8, 4) is 0 Å². The lowest BCUT2D eigenvalue weighted by atomic mass is 9.99. The summed E-state index contributed by atoms with van der Waals surface area (Å²) in [5.74, 6) is 0.295. The van der Waals surface area contributed by atoms with Crippen molar-refractivity contribution >= 4 is 0 Å². The second-order valence-electron chi connectivity index (χ2n) is 5.07. The van der Waals surface area contributed by atoms with E-state index >= 15 is 0 Å². The summed E-state index contributed by atoms with van der Waals surface area (Å²) in [4.78, 5) is 2.33. The third-order valence-electron chi connectivity index (χ3n) is 3.73. The SMILES string of the molecule is Cc1nonc1CN1CCC(c2ccc(F)cc2)C1. The van der Waals surface area contributed by atoms with E-state index in [-0.39, 0.29) is 5.82 Å². The van der Waals surface area contributed by atoms with Gasteiger partial charge < -0.3 is 0 Å². The molecule has 0 saturated carbocycles. The fraction of sp³-hybridized carbons (Fsp3) is 0.429. The maximum absolute atomic E-state index is 12.9. The van der Waals surface area contributed by atoms with Crippen LogP contribution in [0.15, 0.2) is 28.9 Å². The van der Waals surface area contributed by atoms with Crippen molar-refractivity contribution in [3.05, 3.63) is 47.0 Å². The number of hydrogen-bond donors (Lipinski definition) is 0. The first-order chi connectivity index (χ1) is 9.22. The average Bonchev–Trinajstić information content (AvgIpc) is 3.01. The zero-order valence-corrected chi connectivity index (χ0v) is 10.8. The van der Waals surface area contributed by atoms with Gasteiger partial charge in [0.1, 0.15) is 17.2 Å². The minimum atomic E-state index is -0.178. The van der Waals surface area contributed by atoms with Crippen molar-refractivity contribution in [1.82, 2.24) is 15.2 Å². The highest BCUT2D eigenvalue weighted by Crippen LogP contribution is 2.28. The molecule has 0 amide bonds. The summed E-state index contributed by atoms with van der Waals surface area (Å²) in [7, 11) is 0. The smallest absolute Gasteiger partial charge is 0.123 e. The zero-order chi connectivity index (χ0) is 13.2. The maximum Gasteiger partial charge on any atom is 0.123 e. The first-order valence-electron chi connectivity index (χ1n) is 6.48. The minimum Gasteiger partial charge on any atom is -0.297 e. The van der Waals surface area contributed by atoms with Crippen LogP contribution in [0.4, 0.5) is 4.39 Å². The molecule has 3 rings (SSSR count). The van der Waals surface area contributed by atoms with Gasteiger partial charge in [0, 0.05) is 13.1 Å². The summed E-state index contributed by atoms with van der Waals surface area (Å²) in [5.41, 5.74) is 2.96. The Labute approximate surface area is 111 Å². The lowest BCUT2D eigenvalue weighted by Crippen LogP contribution is -2.20. The maximum atomic E-state index is 12.9. The third-order valence-corrected chi connectivity index (χ3v) is 3.73. The van der Waals surface area contributed by atoms with Crippen LogP contribution in [-0.2, 0) is 6.54 Å². The average molecular weight is 261 g/mol. The van der Waals surface area contributed by atoms with Gasteiger partial charge in [-0.05, 0) is 43.5 Å². The van der Waals surface area contributed by atoms with Gasteiger partial charge in [-0.25, -0.2) is 9.02 Å². The molecule has 2 aromatic rings. The van der Waals surface area contributed by atoms with E-state index in [2.05, 4.69) is 15.2 Å². The molecule has 100 valence electrons. The molecule has 1 fully saturated rings. The number of hydrogen-bond acceptors (Lipinski definition) is 4. The number of rotatable bonds is 3. The molecule has 4 nitrogen and oxygen atoms in total. The zero-order valence-electron chi connectivity index (χ0n) is 10.8. The summed E-state index contributed by atoms with van der Waals surface area (Å²) in [5, 5.41) is 7.70. The highest BCUT2D eigenvalue weighted by molar-refractivity contribution is 5.22. The van der Waals surface area contributed by atoms with Gasteiger partial charge in [0.2, 0.25) is 0 Å². The second kappa shape index (κ2) is 5.09. The van der Waals surface area contributed by atoms with E-state index in [4.69, 9.17) is 4.63 Å². The number of halogens is 1. The van der Waals surface area contributed by atoms with Crippen molar-refractivity contribution in [2.45, 2.75) is 25.8 Å². The topological polar surface area (TPSA) is 42.2 Å². The molecule has 0 N–H and O–H groups in total. The predicted octanol–water partition coefficient (Wildman–Crippen LogP) is 2.51. The Hall–Kier alpha value is -1.75. The Morgan fingerprint density at radius 3 is 2.79 bits per heavy atom. The van der Waals surface area contributed by atoms with Crippen molar-refractivity contribution < 1.29 is 9.02 Å². The van der Waals surface area contributed by atoms with Crippen LogP contribution < -0.4 is 0 Å². The molecule has 1 saturated heterocycles. The van der Waals surface area contributed by atoms with Crippen molar-refractivity contribution in [2.75, 3.05) is 13.1 Å². The fourth-order valence-corrected chi connectivity index (χ4v) is 2.59. The van der Waals surface area contributed by atoms with E-state index in [0.29, 0.717) is 5.92 Å². The van der Waals surface area contributed by atoms with E-state index in [1.165, 1.54) is 17.7 Å². The Morgan fingerprint density at radius 2 is 2.11 bits per heavy atom. The van der Waals surface area contributed by atoms with Crippen LogP contribution in [0.1, 0.15) is 29.3 Å². The summed E-state index contributed by atoms with van der Waals surface area (Å²) < 4.78 is 17.6. The Kier molecular flexibility index (Phi) is 3.29. The van der Waals surface area contributed by atoms with Crippen LogP contribution in [0.2, 0.25) is 0 Å². The van der Waals surface area contributed by atoms with Gasteiger partial charge in [-0.3, -0.25) is 4.90 Å². The van der Waals surface area contributed by atoms with Crippen LogP contribution in [0.25, 0.3) is 0 Å². The third kappa shape index (κ3) is 2.66. The normalized spacial score (nSPS) is 20.0. The molecule has 0 radical (unpaired) electrons. The number of nitrogens with zero attached hydrogens (tertiary/aromatic N) is 3. The van der Waals surface area contributed by atoms with E-state index in [0.717, 1.165) is 37.4 Å². The molecule has 0 aliphatic carbocycles. The number of benzene rings is 1. The molecule has 0 bridgehead atoms. The first-order valence-corrected chi connectivity index (χ1v) is 6.48. The quantitative estimate of drug-likeness (QED) is 0.851. The van der Waals surface area contributed by atoms with Gasteiger partial charge in [-0.2, -0.15) is 0 Å². The highest BCUT2D eigenvalue weighted by atomic mass is 19.1. The van der Waals surface area contributed by atoms with E-state index in [9.17, 15) is 4.39 Å². The fourth-order valence-electron chi connectivity index (χ4n) is 2.59. The van der Waals surface area contributed by atoms with Crippen LogP contribution >= 0.6 is 0 Å². The highest BCUT2D eigenvalue weighted by Gasteiger charge is 2.25. The summed E-state index contributed by atoms with van der Waals surface area (Å²) in [6, 6.07) is 6.83. The van der Waals surface area contributed by atoms with Gasteiger partial charge >= 0.3 is 0 Å². The largest absolute Gasteiger partial charge is 0.297 e. The monoisotopic (exact) mass is 261 g/mol. The summed E-state index contributed by atoms with van der Waals surface area (Å²) >= 11 is 0. The Bertz CT molecular complexity index is 552. The van der Waals surface area contributed by atoms with Crippen LogP contribution in [0.3, 0.4) is 0 Å². The standard InChI is InChI=1S/C14H16FN3O/c1-10-14(17-19-16-10)9-18-7-6-12(8-18)11-2-4-13(15)5-3-11/h2-5,12H,6-9H2,1H3. The van der Waals surface area contributed by atoms with E-state index in [1.54, 1.807) is 0 Å². The molecule has 0 spiro atoms. The molecule has 1 aliphatic heterocycles. The molecular formula is C14H16FN3O. The molecule has 5 heteroatoms. The number of aryl methyl sites for hydroxylation is 1. The molecule has 1 atom stereocenters. The lowest BCUT2D eigenvalue weighted by Gasteiger charge is -2.14. The van der Waals surface area contributed by atoms with Gasteiger partial charge in [0.25, 0.3) is 0 Å². The Balaban J connectivity index is 1.64. The van der Waals surface area contributed by atoms with Crippen LogP contribution in [0.5, 0.6) is 0 Å². The van der Waals surface area contributed by atoms with Gasteiger partial charge in [0.05, 0.1) is 0 Å². The van der Waals surface area contributed by atoms with Crippen molar-refractivity contribution in [3.63, 3.8) is 0 Å². The van der Waals surface area contributed by atoms with E-state index in [1.807, 2.05) is 19.1 Å².